The van der Waals surface area contributed by atoms with Crippen LogP contribution < -0.4 is 0 Å². The standard InChI is InChI=1S/C68H90O18/c1-11-12-13-26-35-76-67-59(81-62(70)51-31-22-16-23-32-51)46(7)57(55(80-67)39-75-37-50-29-20-15-21-30-50)84-68-60(82-63(71)52-33-24-17-25-34-52)47(8)58(61(86-68)64(72)73-10)85-66-45(6)43(4)56(54(79-66)38-74-36-49-27-18-14-19-28-49)83-65-44(5)41(2)42(3)53(78-65)40-77-48(9)69/h14-25,27-34,41-47,53-61,65-68H,11-13,26,35-40H2,1-10H3/t41-,42-,43+,44?,45?,46-,47-,53?,54?,55?,56+,57-,58-,59?,60?,61?,65+,66+,67+,68+/m0/s1. The topological polar surface area (TPSA) is 198 Å². The Morgan fingerprint density at radius 3 is 1.42 bits per heavy atom. The van der Waals surface area contributed by atoms with Gasteiger partial charge in [-0.1, -0.05) is 172 Å². The summed E-state index contributed by atoms with van der Waals surface area (Å²) in [5.41, 5.74) is 2.49. The van der Waals surface area contributed by atoms with E-state index in [0.717, 1.165) is 36.8 Å². The number of ether oxygens (including phenoxy) is 14. The summed E-state index contributed by atoms with van der Waals surface area (Å²) in [6.45, 7) is 18.6. The number of hydrogen-bond donors (Lipinski definition) is 0. The number of carbonyl (C=O) groups excluding carboxylic acids is 4. The molecule has 4 aliphatic rings. The molecule has 8 unspecified atom stereocenters. The summed E-state index contributed by atoms with van der Waals surface area (Å²) in [5, 5.41) is 0. The van der Waals surface area contributed by atoms with Crippen LogP contribution >= 0.6 is 0 Å². The molecule has 0 N–H and O–H groups in total. The number of hydrogen-bond acceptors (Lipinski definition) is 18. The minimum Gasteiger partial charge on any atom is -0.467 e. The van der Waals surface area contributed by atoms with E-state index in [4.69, 9.17) is 66.3 Å². The zero-order valence-electron chi connectivity index (χ0n) is 51.5. The molecule has 0 saturated carbocycles. The molecule has 0 bridgehead atoms. The average molecular weight is 1200 g/mol. The first kappa shape index (κ1) is 66.3. The van der Waals surface area contributed by atoms with E-state index < -0.39 is 122 Å². The maximum atomic E-state index is 14.4. The van der Waals surface area contributed by atoms with Crippen LogP contribution in [0.15, 0.2) is 121 Å². The number of esters is 4. The molecule has 86 heavy (non-hydrogen) atoms. The molecule has 4 aliphatic heterocycles. The van der Waals surface area contributed by atoms with Crippen molar-refractivity contribution in [3.8, 4) is 0 Å². The Balaban J connectivity index is 1.11. The minimum atomic E-state index is -1.47. The quantitative estimate of drug-likeness (QED) is 0.0310. The van der Waals surface area contributed by atoms with Gasteiger partial charge in [0.05, 0.1) is 63.0 Å². The Morgan fingerprint density at radius 2 is 0.895 bits per heavy atom. The fourth-order valence-corrected chi connectivity index (χ4v) is 11.8. The lowest BCUT2D eigenvalue weighted by atomic mass is 9.78. The zero-order chi connectivity index (χ0) is 61.3. The molecule has 20 atom stereocenters. The van der Waals surface area contributed by atoms with Crippen molar-refractivity contribution < 1.29 is 85.5 Å². The molecule has 4 saturated heterocycles. The maximum Gasteiger partial charge on any atom is 0.338 e. The molecule has 8 rings (SSSR count). The number of rotatable bonds is 27. The van der Waals surface area contributed by atoms with Crippen molar-refractivity contribution in [3.05, 3.63) is 144 Å². The van der Waals surface area contributed by atoms with Gasteiger partial charge in [0.25, 0.3) is 0 Å². The summed E-state index contributed by atoms with van der Waals surface area (Å²) in [7, 11) is 1.26. The Hall–Kier alpha value is -5.64. The third-order valence-electron chi connectivity index (χ3n) is 17.6. The third kappa shape index (κ3) is 17.4. The van der Waals surface area contributed by atoms with Gasteiger partial charge in [-0.25, -0.2) is 14.4 Å². The van der Waals surface area contributed by atoms with Gasteiger partial charge in [0.15, 0.2) is 43.5 Å². The van der Waals surface area contributed by atoms with Crippen molar-refractivity contribution in [2.45, 2.75) is 181 Å². The first-order valence-corrected chi connectivity index (χ1v) is 30.7. The van der Waals surface area contributed by atoms with E-state index in [-0.39, 0.29) is 55.7 Å². The van der Waals surface area contributed by atoms with Gasteiger partial charge in [-0.2, -0.15) is 0 Å². The van der Waals surface area contributed by atoms with Gasteiger partial charge in [-0.05, 0) is 59.6 Å². The van der Waals surface area contributed by atoms with Crippen molar-refractivity contribution in [3.63, 3.8) is 0 Å². The highest BCUT2D eigenvalue weighted by atomic mass is 16.8. The molecule has 18 heteroatoms. The highest BCUT2D eigenvalue weighted by molar-refractivity contribution is 5.90. The summed E-state index contributed by atoms with van der Waals surface area (Å²) < 4.78 is 91.6. The van der Waals surface area contributed by atoms with Crippen molar-refractivity contribution in [2.75, 3.05) is 33.5 Å². The summed E-state index contributed by atoms with van der Waals surface area (Å²) in [6, 6.07) is 36.7. The monoisotopic (exact) mass is 1190 g/mol. The van der Waals surface area contributed by atoms with Gasteiger partial charge < -0.3 is 66.3 Å². The van der Waals surface area contributed by atoms with Crippen LogP contribution in [0, 0.1) is 41.4 Å². The lowest BCUT2D eigenvalue weighted by Crippen LogP contribution is -2.64. The summed E-state index contributed by atoms with van der Waals surface area (Å²) in [5.74, 6) is -4.45. The second-order valence-electron chi connectivity index (χ2n) is 23.6. The number of unbranched alkanes of at least 4 members (excludes halogenated alkanes) is 3. The Kier molecular flexibility index (Phi) is 25.1. The fraction of sp³-hybridized carbons (Fsp3) is 0.588. The minimum absolute atomic E-state index is 0.00329. The molecule has 4 heterocycles. The molecule has 4 aromatic carbocycles. The maximum absolute atomic E-state index is 14.4. The van der Waals surface area contributed by atoms with E-state index >= 15 is 0 Å². The molecule has 4 aromatic rings. The second kappa shape index (κ2) is 32.5. The molecule has 0 aliphatic carbocycles. The van der Waals surface area contributed by atoms with Crippen LogP contribution in [0.4, 0.5) is 0 Å². The number of benzene rings is 4. The van der Waals surface area contributed by atoms with Crippen LogP contribution in [0.1, 0.15) is 120 Å². The van der Waals surface area contributed by atoms with Crippen LogP contribution in [0.3, 0.4) is 0 Å². The van der Waals surface area contributed by atoms with E-state index in [9.17, 15) is 19.2 Å². The molecule has 0 radical (unpaired) electrons. The van der Waals surface area contributed by atoms with Crippen molar-refractivity contribution in [1.82, 2.24) is 0 Å². The smallest absolute Gasteiger partial charge is 0.338 e. The molecule has 4 fully saturated rings. The zero-order valence-corrected chi connectivity index (χ0v) is 51.5. The summed E-state index contributed by atoms with van der Waals surface area (Å²) >= 11 is 0. The largest absolute Gasteiger partial charge is 0.467 e. The molecule has 0 spiro atoms. The van der Waals surface area contributed by atoms with E-state index in [0.29, 0.717) is 18.8 Å². The first-order chi connectivity index (χ1) is 41.6. The van der Waals surface area contributed by atoms with E-state index in [1.165, 1.54) is 14.0 Å². The Bertz CT molecular complexity index is 2680. The predicted molar refractivity (Wildman–Crippen MR) is 316 cm³/mol. The van der Waals surface area contributed by atoms with Crippen molar-refractivity contribution >= 4 is 23.9 Å². The van der Waals surface area contributed by atoms with Crippen LogP contribution in [-0.4, -0.2) is 138 Å². The molecular formula is C68H90O18. The highest BCUT2D eigenvalue weighted by Crippen LogP contribution is 2.43. The number of carbonyl (C=O) groups is 4. The van der Waals surface area contributed by atoms with Crippen LogP contribution in [0.2, 0.25) is 0 Å². The van der Waals surface area contributed by atoms with E-state index in [1.807, 2.05) is 80.6 Å². The second-order valence-corrected chi connectivity index (χ2v) is 23.6. The molecular weight excluding hydrogens is 1100 g/mol. The Labute approximate surface area is 507 Å². The van der Waals surface area contributed by atoms with Crippen LogP contribution in [0.5, 0.6) is 0 Å². The van der Waals surface area contributed by atoms with E-state index in [2.05, 4.69) is 34.6 Å². The molecule has 18 nitrogen and oxygen atoms in total. The Morgan fingerprint density at radius 1 is 0.442 bits per heavy atom. The highest BCUT2D eigenvalue weighted by Gasteiger charge is 2.57. The van der Waals surface area contributed by atoms with Gasteiger partial charge in [0.2, 0.25) is 0 Å². The molecule has 470 valence electrons. The van der Waals surface area contributed by atoms with Crippen LogP contribution in [0.25, 0.3) is 0 Å². The van der Waals surface area contributed by atoms with Gasteiger partial charge in [-0.15, -0.1) is 0 Å². The first-order valence-electron chi connectivity index (χ1n) is 30.7. The van der Waals surface area contributed by atoms with Gasteiger partial charge >= 0.3 is 23.9 Å². The van der Waals surface area contributed by atoms with Crippen molar-refractivity contribution in [2.24, 2.45) is 41.4 Å². The lowest BCUT2D eigenvalue weighted by molar-refractivity contribution is -0.366. The molecule has 0 amide bonds. The van der Waals surface area contributed by atoms with Crippen LogP contribution in [-0.2, 0) is 89.1 Å². The van der Waals surface area contributed by atoms with Crippen molar-refractivity contribution in [1.29, 1.82) is 0 Å². The van der Waals surface area contributed by atoms with Gasteiger partial charge in [-0.3, -0.25) is 4.79 Å². The van der Waals surface area contributed by atoms with Gasteiger partial charge in [0, 0.05) is 37.2 Å². The summed E-state index contributed by atoms with van der Waals surface area (Å²) in [4.78, 5) is 54.7. The number of methoxy groups -OCH3 is 1. The average Bonchev–Trinajstić information content (AvgIpc) is 1.54. The van der Waals surface area contributed by atoms with E-state index in [1.54, 1.807) is 61.5 Å². The fourth-order valence-electron chi connectivity index (χ4n) is 11.8. The lowest BCUT2D eigenvalue weighted by Gasteiger charge is -2.51. The normalized spacial score (nSPS) is 32.8. The SMILES string of the molecule is CCCCCCO[C@@H]1OC(COCc2ccccc2)[C@@H](O[C@@H]2OC(C(=O)OC)[C@@H](O[C@H]3OC(COCc4ccccc4)[C@H](O[C@H]4OC(COC(C)=O)[C@@H](C)[C@H](C)C4C)[C@H](C)C3C)[C@H](C)C2OC(=O)c2ccccc2)[C@H](C)C1OC(=O)c1ccccc1. The summed E-state index contributed by atoms with van der Waals surface area (Å²) in [6.07, 6.45) is -8.92. The molecule has 0 aromatic heterocycles. The third-order valence-corrected chi connectivity index (χ3v) is 17.6. The van der Waals surface area contributed by atoms with Gasteiger partial charge in [0.1, 0.15) is 24.9 Å². The predicted octanol–water partition coefficient (Wildman–Crippen LogP) is 10.7.